The van der Waals surface area contributed by atoms with E-state index in [0.717, 1.165) is 28.2 Å². The van der Waals surface area contributed by atoms with E-state index in [1.165, 1.54) is 5.56 Å². The zero-order valence-corrected chi connectivity index (χ0v) is 14.5. The highest BCUT2D eigenvalue weighted by Gasteiger charge is 2.17. The van der Waals surface area contributed by atoms with Gasteiger partial charge in [0.2, 0.25) is 0 Å². The summed E-state index contributed by atoms with van der Waals surface area (Å²) in [5, 5.41) is 3.16. The van der Waals surface area contributed by atoms with E-state index in [1.54, 1.807) is 6.33 Å². The van der Waals surface area contributed by atoms with Crippen LogP contribution >= 0.6 is 15.9 Å². The molecule has 1 aromatic heterocycles. The smallest absolute Gasteiger partial charge is 0.137 e. The molecule has 1 aromatic carbocycles. The molecule has 5 heteroatoms. The van der Waals surface area contributed by atoms with Gasteiger partial charge in [0.05, 0.1) is 0 Å². The maximum atomic E-state index is 4.49. The van der Waals surface area contributed by atoms with Crippen molar-refractivity contribution < 1.29 is 0 Å². The highest BCUT2D eigenvalue weighted by Crippen LogP contribution is 2.30. The lowest BCUT2D eigenvalue weighted by Gasteiger charge is -2.24. The maximum absolute atomic E-state index is 4.49. The second-order valence-electron chi connectivity index (χ2n) is 5.35. The van der Waals surface area contributed by atoms with Crippen molar-refractivity contribution in [2.24, 2.45) is 0 Å². The number of anilines is 2. The minimum absolute atomic E-state index is 0.355. The molecule has 0 saturated carbocycles. The van der Waals surface area contributed by atoms with Crippen LogP contribution in [0.5, 0.6) is 0 Å². The van der Waals surface area contributed by atoms with Crippen molar-refractivity contribution in [1.82, 2.24) is 9.97 Å². The van der Waals surface area contributed by atoms with Gasteiger partial charge in [-0.1, -0.05) is 41.9 Å². The topological polar surface area (TPSA) is 41.1 Å². The number of hydrogen-bond donors (Lipinski definition) is 1. The Morgan fingerprint density at radius 3 is 2.67 bits per heavy atom. The number of aromatic nitrogens is 2. The molecule has 2 rings (SSSR count). The highest BCUT2D eigenvalue weighted by molar-refractivity contribution is 9.10. The Kier molecular flexibility index (Phi) is 5.17. The van der Waals surface area contributed by atoms with Crippen molar-refractivity contribution in [2.75, 3.05) is 24.3 Å². The van der Waals surface area contributed by atoms with Gasteiger partial charge in [0.15, 0.2) is 0 Å². The van der Waals surface area contributed by atoms with E-state index in [9.17, 15) is 0 Å². The van der Waals surface area contributed by atoms with Gasteiger partial charge in [-0.3, -0.25) is 0 Å². The van der Waals surface area contributed by atoms with E-state index < -0.39 is 0 Å². The molecule has 0 fully saturated rings. The van der Waals surface area contributed by atoms with Crippen LogP contribution in [0.4, 0.5) is 11.6 Å². The maximum Gasteiger partial charge on any atom is 0.137 e. The summed E-state index contributed by atoms with van der Waals surface area (Å²) >= 11 is 3.51. The fourth-order valence-corrected chi connectivity index (χ4v) is 2.85. The molecule has 0 atom stereocenters. The summed E-state index contributed by atoms with van der Waals surface area (Å²) in [4.78, 5) is 11.0. The molecule has 0 saturated heterocycles. The molecule has 0 radical (unpaired) electrons. The standard InChI is InChI=1S/C16H21BrN4/c1-11(2)14-15(18-3)19-10-20-16(14)21(4)9-12-6-5-7-13(17)8-12/h5-8,10-11H,9H2,1-4H3,(H,18,19,20). The molecule has 1 N–H and O–H groups in total. The van der Waals surface area contributed by atoms with Crippen molar-refractivity contribution in [1.29, 1.82) is 0 Å². The van der Waals surface area contributed by atoms with Gasteiger partial charge in [0.25, 0.3) is 0 Å². The van der Waals surface area contributed by atoms with Gasteiger partial charge in [-0.25, -0.2) is 9.97 Å². The third-order valence-corrected chi connectivity index (χ3v) is 3.84. The first-order chi connectivity index (χ1) is 10.0. The molecular weight excluding hydrogens is 328 g/mol. The molecular formula is C16H21BrN4. The molecule has 0 bridgehead atoms. The van der Waals surface area contributed by atoms with Crippen LogP contribution in [0.2, 0.25) is 0 Å². The van der Waals surface area contributed by atoms with Gasteiger partial charge >= 0.3 is 0 Å². The molecule has 0 amide bonds. The highest BCUT2D eigenvalue weighted by atomic mass is 79.9. The van der Waals surface area contributed by atoms with Crippen LogP contribution in [-0.2, 0) is 6.54 Å². The Hall–Kier alpha value is -1.62. The number of rotatable bonds is 5. The third kappa shape index (κ3) is 3.73. The van der Waals surface area contributed by atoms with Crippen molar-refractivity contribution in [2.45, 2.75) is 26.3 Å². The predicted octanol–water partition coefficient (Wildman–Crippen LogP) is 4.04. The number of hydrogen-bond acceptors (Lipinski definition) is 4. The molecule has 4 nitrogen and oxygen atoms in total. The molecule has 1 heterocycles. The molecule has 0 aliphatic carbocycles. The minimum Gasteiger partial charge on any atom is -0.373 e. The SMILES string of the molecule is CNc1ncnc(N(C)Cc2cccc(Br)c2)c1C(C)C. The minimum atomic E-state index is 0.355. The third-order valence-electron chi connectivity index (χ3n) is 3.35. The fraction of sp³-hybridized carbons (Fsp3) is 0.375. The van der Waals surface area contributed by atoms with Crippen LogP contribution in [0.1, 0.15) is 30.9 Å². The van der Waals surface area contributed by atoms with Crippen LogP contribution in [0, 0.1) is 0 Å². The first-order valence-electron chi connectivity index (χ1n) is 7.01. The van der Waals surface area contributed by atoms with Gasteiger partial charge in [-0.05, 0) is 23.6 Å². The van der Waals surface area contributed by atoms with Gasteiger partial charge in [-0.2, -0.15) is 0 Å². The van der Waals surface area contributed by atoms with E-state index in [4.69, 9.17) is 0 Å². The molecule has 21 heavy (non-hydrogen) atoms. The van der Waals surface area contributed by atoms with E-state index in [-0.39, 0.29) is 0 Å². The molecule has 0 unspecified atom stereocenters. The summed E-state index contributed by atoms with van der Waals surface area (Å²) in [7, 11) is 3.96. The second kappa shape index (κ2) is 6.89. The lowest BCUT2D eigenvalue weighted by atomic mass is 10.0. The van der Waals surface area contributed by atoms with E-state index >= 15 is 0 Å². The monoisotopic (exact) mass is 348 g/mol. The fourth-order valence-electron chi connectivity index (χ4n) is 2.41. The van der Waals surface area contributed by atoms with E-state index in [1.807, 2.05) is 13.1 Å². The van der Waals surface area contributed by atoms with Crippen molar-refractivity contribution in [3.05, 3.63) is 46.2 Å². The van der Waals surface area contributed by atoms with Gasteiger partial charge in [-0.15, -0.1) is 0 Å². The summed E-state index contributed by atoms with van der Waals surface area (Å²) in [5.74, 6) is 2.23. The molecule has 0 aliphatic rings. The van der Waals surface area contributed by atoms with Crippen molar-refractivity contribution in [3.8, 4) is 0 Å². The Bertz CT molecular complexity index is 613. The molecule has 112 valence electrons. The summed E-state index contributed by atoms with van der Waals surface area (Å²) < 4.78 is 1.09. The zero-order valence-electron chi connectivity index (χ0n) is 12.9. The van der Waals surface area contributed by atoms with E-state index in [2.05, 4.69) is 75.2 Å². The van der Waals surface area contributed by atoms with Gasteiger partial charge < -0.3 is 10.2 Å². The summed E-state index contributed by atoms with van der Waals surface area (Å²) in [6.45, 7) is 5.13. The summed E-state index contributed by atoms with van der Waals surface area (Å²) in [6, 6.07) is 8.34. The number of nitrogens with zero attached hydrogens (tertiary/aromatic N) is 3. The number of halogens is 1. The van der Waals surface area contributed by atoms with Crippen LogP contribution < -0.4 is 10.2 Å². The summed E-state index contributed by atoms with van der Waals surface area (Å²) in [5.41, 5.74) is 2.39. The number of benzene rings is 1. The lowest BCUT2D eigenvalue weighted by Crippen LogP contribution is -2.21. The molecule has 0 spiro atoms. The van der Waals surface area contributed by atoms with E-state index in [0.29, 0.717) is 5.92 Å². The average Bonchev–Trinajstić information content (AvgIpc) is 2.46. The van der Waals surface area contributed by atoms with Gasteiger partial charge in [0, 0.05) is 30.7 Å². The van der Waals surface area contributed by atoms with Crippen LogP contribution in [0.3, 0.4) is 0 Å². The van der Waals surface area contributed by atoms with Crippen LogP contribution in [0.25, 0.3) is 0 Å². The zero-order chi connectivity index (χ0) is 15.4. The first kappa shape index (κ1) is 15.8. The molecule has 2 aromatic rings. The van der Waals surface area contributed by atoms with Crippen LogP contribution in [0.15, 0.2) is 35.1 Å². The Morgan fingerprint density at radius 1 is 1.29 bits per heavy atom. The lowest BCUT2D eigenvalue weighted by molar-refractivity contribution is 0.810. The number of nitrogens with one attached hydrogen (secondary N) is 1. The van der Waals surface area contributed by atoms with Crippen molar-refractivity contribution in [3.63, 3.8) is 0 Å². The first-order valence-corrected chi connectivity index (χ1v) is 7.80. The van der Waals surface area contributed by atoms with Crippen molar-refractivity contribution >= 4 is 27.6 Å². The summed E-state index contributed by atoms with van der Waals surface area (Å²) in [6.07, 6.45) is 1.62. The Balaban J connectivity index is 2.32. The normalized spacial score (nSPS) is 10.8. The Morgan fingerprint density at radius 2 is 2.05 bits per heavy atom. The Labute approximate surface area is 134 Å². The van der Waals surface area contributed by atoms with Gasteiger partial charge in [0.1, 0.15) is 18.0 Å². The van der Waals surface area contributed by atoms with Crippen LogP contribution in [-0.4, -0.2) is 24.1 Å². The predicted molar refractivity (Wildman–Crippen MR) is 91.9 cm³/mol. The quantitative estimate of drug-likeness (QED) is 0.885. The molecule has 0 aliphatic heterocycles. The second-order valence-corrected chi connectivity index (χ2v) is 6.27. The average molecular weight is 349 g/mol. The largest absolute Gasteiger partial charge is 0.373 e.